The largest absolute Gasteiger partial charge is 0.496 e. The van der Waals surface area contributed by atoms with Gasteiger partial charge in [0.2, 0.25) is 0 Å². The van der Waals surface area contributed by atoms with Crippen LogP contribution in [0.3, 0.4) is 0 Å². The third kappa shape index (κ3) is 5.59. The van der Waals surface area contributed by atoms with E-state index < -0.39 is 5.97 Å². The second-order valence-electron chi connectivity index (χ2n) is 6.40. The summed E-state index contributed by atoms with van der Waals surface area (Å²) < 4.78 is 11.0. The number of carboxylic acid groups (broad SMARTS) is 1. The summed E-state index contributed by atoms with van der Waals surface area (Å²) in [5, 5.41) is 18.2. The van der Waals surface area contributed by atoms with E-state index in [1.807, 2.05) is 24.3 Å². The summed E-state index contributed by atoms with van der Waals surface area (Å²) in [5.41, 5.74) is 2.38. The third-order valence-electron chi connectivity index (χ3n) is 4.53. The molecule has 0 saturated carbocycles. The number of rotatable bonds is 9. The number of halogens is 1. The Morgan fingerprint density at radius 1 is 1.19 bits per heavy atom. The SMILES string of the molecule is CCN(CC)c1ccc(/C=C(\Sc2nnc(-c3cc(Cl)ccc3OC)o2)C(=O)O)cc1. The van der Waals surface area contributed by atoms with Crippen molar-refractivity contribution in [2.45, 2.75) is 19.1 Å². The summed E-state index contributed by atoms with van der Waals surface area (Å²) in [6, 6.07) is 12.7. The van der Waals surface area contributed by atoms with Crippen molar-refractivity contribution in [3.8, 4) is 17.2 Å². The molecular formula is C22H22ClN3O4S. The van der Waals surface area contributed by atoms with Crippen LogP contribution in [0.1, 0.15) is 19.4 Å². The van der Waals surface area contributed by atoms with E-state index in [1.54, 1.807) is 24.3 Å². The summed E-state index contributed by atoms with van der Waals surface area (Å²) >= 11 is 6.94. The second kappa shape index (κ2) is 10.4. The van der Waals surface area contributed by atoms with Gasteiger partial charge in [0.25, 0.3) is 11.1 Å². The van der Waals surface area contributed by atoms with Gasteiger partial charge in [-0.15, -0.1) is 10.2 Å². The maximum Gasteiger partial charge on any atom is 0.342 e. The number of anilines is 1. The Balaban J connectivity index is 1.83. The number of methoxy groups -OCH3 is 1. The minimum Gasteiger partial charge on any atom is -0.496 e. The first-order valence-corrected chi connectivity index (χ1v) is 10.8. The number of carbonyl (C=O) groups is 1. The maximum absolute atomic E-state index is 11.8. The summed E-state index contributed by atoms with van der Waals surface area (Å²) in [6.07, 6.45) is 1.57. The number of thioether (sulfide) groups is 1. The van der Waals surface area contributed by atoms with Gasteiger partial charge in [0.1, 0.15) is 10.7 Å². The van der Waals surface area contributed by atoms with Crippen LogP contribution in [0, 0.1) is 0 Å². The maximum atomic E-state index is 11.8. The first kappa shape index (κ1) is 22.7. The van der Waals surface area contributed by atoms with Crippen molar-refractivity contribution in [1.82, 2.24) is 10.2 Å². The van der Waals surface area contributed by atoms with Gasteiger partial charge in [0.15, 0.2) is 0 Å². The fraction of sp³-hybridized carbons (Fsp3) is 0.227. The highest BCUT2D eigenvalue weighted by molar-refractivity contribution is 8.03. The van der Waals surface area contributed by atoms with Gasteiger partial charge in [-0.1, -0.05) is 23.7 Å². The Morgan fingerprint density at radius 3 is 2.52 bits per heavy atom. The molecule has 0 spiro atoms. The number of aromatic nitrogens is 2. The Hall–Kier alpha value is -2.97. The van der Waals surface area contributed by atoms with Crippen molar-refractivity contribution >= 4 is 41.1 Å². The lowest BCUT2D eigenvalue weighted by molar-refractivity contribution is -0.131. The summed E-state index contributed by atoms with van der Waals surface area (Å²) in [7, 11) is 1.52. The summed E-state index contributed by atoms with van der Waals surface area (Å²) in [4.78, 5) is 14.0. The molecule has 0 bridgehead atoms. The molecule has 0 aliphatic rings. The lowest BCUT2D eigenvalue weighted by atomic mass is 10.2. The summed E-state index contributed by atoms with van der Waals surface area (Å²) in [6.45, 7) is 5.99. The quantitative estimate of drug-likeness (QED) is 0.333. The Bertz CT molecular complexity index is 1080. The number of hydrogen-bond donors (Lipinski definition) is 1. The van der Waals surface area contributed by atoms with E-state index in [4.69, 9.17) is 20.8 Å². The van der Waals surface area contributed by atoms with Crippen molar-refractivity contribution in [3.05, 3.63) is 58.0 Å². The van der Waals surface area contributed by atoms with Crippen LogP contribution in [0.5, 0.6) is 5.75 Å². The molecule has 1 heterocycles. The van der Waals surface area contributed by atoms with E-state index in [2.05, 4.69) is 28.9 Å². The van der Waals surface area contributed by atoms with Gasteiger partial charge < -0.3 is 19.2 Å². The van der Waals surface area contributed by atoms with Crippen molar-refractivity contribution in [2.24, 2.45) is 0 Å². The van der Waals surface area contributed by atoms with E-state index >= 15 is 0 Å². The van der Waals surface area contributed by atoms with Gasteiger partial charge in [-0.05, 0) is 67.6 Å². The molecule has 31 heavy (non-hydrogen) atoms. The molecule has 0 atom stereocenters. The lowest BCUT2D eigenvalue weighted by Gasteiger charge is -2.20. The minimum atomic E-state index is -1.09. The third-order valence-corrected chi connectivity index (χ3v) is 5.61. The predicted molar refractivity (Wildman–Crippen MR) is 123 cm³/mol. The van der Waals surface area contributed by atoms with Crippen molar-refractivity contribution < 1.29 is 19.1 Å². The Morgan fingerprint density at radius 2 is 1.90 bits per heavy atom. The molecule has 162 valence electrons. The van der Waals surface area contributed by atoms with E-state index in [1.165, 1.54) is 7.11 Å². The van der Waals surface area contributed by atoms with Crippen LogP contribution in [-0.2, 0) is 4.79 Å². The normalized spacial score (nSPS) is 11.4. The molecule has 7 nitrogen and oxygen atoms in total. The number of ether oxygens (including phenoxy) is 1. The fourth-order valence-electron chi connectivity index (χ4n) is 2.96. The highest BCUT2D eigenvalue weighted by atomic mass is 35.5. The molecule has 0 aliphatic heterocycles. The number of benzene rings is 2. The Labute approximate surface area is 189 Å². The molecule has 0 unspecified atom stereocenters. The number of carboxylic acids is 1. The molecule has 1 aromatic heterocycles. The molecular weight excluding hydrogens is 438 g/mol. The molecule has 9 heteroatoms. The molecule has 0 aliphatic carbocycles. The lowest BCUT2D eigenvalue weighted by Crippen LogP contribution is -2.21. The zero-order valence-corrected chi connectivity index (χ0v) is 18.9. The van der Waals surface area contributed by atoms with E-state index in [9.17, 15) is 9.90 Å². The van der Waals surface area contributed by atoms with Crippen molar-refractivity contribution in [2.75, 3.05) is 25.1 Å². The van der Waals surface area contributed by atoms with Gasteiger partial charge in [0.05, 0.1) is 12.7 Å². The molecule has 0 fully saturated rings. The van der Waals surface area contributed by atoms with Crippen LogP contribution in [-0.4, -0.2) is 41.5 Å². The molecule has 2 aromatic carbocycles. The Kier molecular flexibility index (Phi) is 7.59. The van der Waals surface area contributed by atoms with Crippen molar-refractivity contribution in [3.63, 3.8) is 0 Å². The average molecular weight is 460 g/mol. The summed E-state index contributed by atoms with van der Waals surface area (Å²) in [5.74, 6) is -0.375. The van der Waals surface area contributed by atoms with Crippen LogP contribution in [0.2, 0.25) is 5.02 Å². The number of hydrogen-bond acceptors (Lipinski definition) is 7. The van der Waals surface area contributed by atoms with Crippen LogP contribution >= 0.6 is 23.4 Å². The first-order valence-electron chi connectivity index (χ1n) is 9.60. The first-order chi connectivity index (χ1) is 14.9. The second-order valence-corrected chi connectivity index (χ2v) is 7.83. The zero-order chi connectivity index (χ0) is 22.4. The highest BCUT2D eigenvalue weighted by Crippen LogP contribution is 2.35. The zero-order valence-electron chi connectivity index (χ0n) is 17.3. The van der Waals surface area contributed by atoms with Gasteiger partial charge >= 0.3 is 5.97 Å². The van der Waals surface area contributed by atoms with Crippen molar-refractivity contribution in [1.29, 1.82) is 0 Å². The van der Waals surface area contributed by atoms with Gasteiger partial charge in [-0.2, -0.15) is 0 Å². The molecule has 3 aromatic rings. The molecule has 0 saturated heterocycles. The molecule has 0 radical (unpaired) electrons. The van der Waals surface area contributed by atoms with Gasteiger partial charge in [-0.3, -0.25) is 0 Å². The fourth-order valence-corrected chi connectivity index (χ4v) is 3.80. The van der Waals surface area contributed by atoms with Gasteiger partial charge in [-0.25, -0.2) is 4.79 Å². The van der Waals surface area contributed by atoms with Crippen LogP contribution in [0.25, 0.3) is 17.5 Å². The van der Waals surface area contributed by atoms with E-state index in [0.29, 0.717) is 16.3 Å². The highest BCUT2D eigenvalue weighted by Gasteiger charge is 2.18. The van der Waals surface area contributed by atoms with Crippen LogP contribution < -0.4 is 9.64 Å². The predicted octanol–water partition coefficient (Wildman–Crippen LogP) is 5.46. The van der Waals surface area contributed by atoms with Crippen LogP contribution in [0.4, 0.5) is 5.69 Å². The molecule has 3 rings (SSSR count). The molecule has 1 N–H and O–H groups in total. The topological polar surface area (TPSA) is 88.7 Å². The van der Waals surface area contributed by atoms with Crippen LogP contribution in [0.15, 0.2) is 57.0 Å². The van der Waals surface area contributed by atoms with E-state index in [0.717, 1.165) is 36.1 Å². The molecule has 0 amide bonds. The standard InChI is InChI=1S/C22H22ClN3O4S/c1-4-26(5-2)16-9-6-14(7-10-16)12-19(21(27)28)31-22-25-24-20(30-22)17-13-15(23)8-11-18(17)29-3/h6-13H,4-5H2,1-3H3,(H,27,28)/b19-12-. The van der Waals surface area contributed by atoms with Gasteiger partial charge in [0, 0.05) is 23.8 Å². The smallest absolute Gasteiger partial charge is 0.342 e. The monoisotopic (exact) mass is 459 g/mol. The average Bonchev–Trinajstić information content (AvgIpc) is 3.23. The number of aliphatic carboxylic acids is 1. The number of nitrogens with zero attached hydrogens (tertiary/aromatic N) is 3. The minimum absolute atomic E-state index is 0.0591. The van der Waals surface area contributed by atoms with E-state index in [-0.39, 0.29) is 16.0 Å².